The van der Waals surface area contributed by atoms with E-state index in [-0.39, 0.29) is 82.0 Å². The van der Waals surface area contributed by atoms with E-state index >= 15 is 26.3 Å². The Balaban J connectivity index is 1.78. The van der Waals surface area contributed by atoms with Gasteiger partial charge in [0.05, 0.1) is 0 Å². The minimum Gasteiger partial charge on any atom is -0.381 e. The van der Waals surface area contributed by atoms with Gasteiger partial charge in [0.2, 0.25) is 0 Å². The summed E-state index contributed by atoms with van der Waals surface area (Å²) in [5.41, 5.74) is -17.2. The zero-order valence-electron chi connectivity index (χ0n) is 25.9. The molecule has 22 heteroatoms. The summed E-state index contributed by atoms with van der Waals surface area (Å²) in [6, 6.07) is 0. The maximum Gasteiger partial charge on any atom is 0.534 e. The summed E-state index contributed by atoms with van der Waals surface area (Å²) in [5.74, 6) is -18.7. The minimum atomic E-state index is -6.17. The lowest BCUT2D eigenvalue weighted by Crippen LogP contribution is -2.49. The Morgan fingerprint density at radius 1 is 0.588 bits per heavy atom. The summed E-state index contributed by atoms with van der Waals surface area (Å²) < 4.78 is 228. The zero-order chi connectivity index (χ0) is 38.3. The molecule has 0 N–H and O–H groups in total. The standard InChI is InChI=1S/C29H24F12O6S4/c1-13-21(17-9-5-3-7-15(11-19(17)48-13)46-50(42,43)28(36,37)38)23-24(26(32,33)27(34,35)25(23,30)31)22-14(2)49-20-12-16(8-4-6-10-18(20)22)47-51(44,45)29(39,40)41/h11-12H,3-10H2,1-2H3/b15-11+,16-12+. The highest BCUT2D eigenvalue weighted by molar-refractivity contribution is 7.88. The first-order chi connectivity index (χ1) is 23.2. The molecular weight excluding hydrogens is 801 g/mol. The third kappa shape index (κ3) is 6.59. The fourth-order valence-electron chi connectivity index (χ4n) is 6.15. The minimum absolute atomic E-state index is 0.0365. The van der Waals surface area contributed by atoms with Crippen molar-refractivity contribution in [1.82, 2.24) is 0 Å². The van der Waals surface area contributed by atoms with Crippen molar-refractivity contribution in [2.45, 2.75) is 94.0 Å². The second-order valence-electron chi connectivity index (χ2n) is 11.8. The Morgan fingerprint density at radius 3 is 1.22 bits per heavy atom. The number of hydrogen-bond donors (Lipinski definition) is 0. The topological polar surface area (TPSA) is 86.7 Å². The molecule has 2 aromatic rings. The van der Waals surface area contributed by atoms with Crippen LogP contribution in [0.15, 0.2) is 11.5 Å². The number of halogens is 12. The normalized spacial score (nSPS) is 23.1. The molecule has 0 aromatic carbocycles. The highest BCUT2D eigenvalue weighted by atomic mass is 32.2. The van der Waals surface area contributed by atoms with Gasteiger partial charge in [0, 0.05) is 54.6 Å². The Labute approximate surface area is 290 Å². The summed E-state index contributed by atoms with van der Waals surface area (Å²) in [6.07, 6.45) is 0.245. The predicted molar refractivity (Wildman–Crippen MR) is 163 cm³/mol. The molecule has 0 fully saturated rings. The van der Waals surface area contributed by atoms with E-state index in [2.05, 4.69) is 8.37 Å². The highest BCUT2D eigenvalue weighted by Gasteiger charge is 2.80. The van der Waals surface area contributed by atoms with Crippen LogP contribution in [0.25, 0.3) is 23.3 Å². The molecule has 3 aliphatic carbocycles. The van der Waals surface area contributed by atoms with Gasteiger partial charge in [-0.1, -0.05) is 0 Å². The SMILES string of the molecule is Cc1sc2c(c1C1=C(c3c(C)sc4c3CCCC/C(OS(=O)(=O)C(F)(F)F)=C\4)C(F)(F)C(F)(F)C1(F)F)CCCC/C(OS(=O)(=O)C(F)(F)F)=C\2. The van der Waals surface area contributed by atoms with Gasteiger partial charge in [0.1, 0.15) is 11.5 Å². The second-order valence-corrected chi connectivity index (χ2v) is 17.4. The van der Waals surface area contributed by atoms with Gasteiger partial charge in [0.25, 0.3) is 0 Å². The van der Waals surface area contributed by atoms with E-state index in [1.165, 1.54) is 0 Å². The van der Waals surface area contributed by atoms with E-state index in [0.29, 0.717) is 22.7 Å². The molecule has 0 amide bonds. The van der Waals surface area contributed by atoms with Gasteiger partial charge in [-0.05, 0) is 75.7 Å². The molecule has 2 heterocycles. The molecule has 5 rings (SSSR count). The Kier molecular flexibility index (Phi) is 9.84. The maximum atomic E-state index is 16.0. The third-order valence-corrected chi connectivity index (χ3v) is 12.6. The molecule has 0 bridgehead atoms. The van der Waals surface area contributed by atoms with Gasteiger partial charge >= 0.3 is 49.0 Å². The van der Waals surface area contributed by atoms with Crippen LogP contribution >= 0.6 is 22.7 Å². The van der Waals surface area contributed by atoms with Gasteiger partial charge in [-0.15, -0.1) is 22.7 Å². The van der Waals surface area contributed by atoms with E-state index in [0.717, 1.165) is 26.0 Å². The molecule has 3 aliphatic rings. The fraction of sp³-hybridized carbons (Fsp3) is 0.517. The lowest BCUT2D eigenvalue weighted by atomic mass is 9.87. The van der Waals surface area contributed by atoms with Crippen LogP contribution in [0.5, 0.6) is 0 Å². The van der Waals surface area contributed by atoms with Crippen LogP contribution in [-0.4, -0.2) is 45.6 Å². The second kappa shape index (κ2) is 12.7. The first kappa shape index (κ1) is 39.5. The van der Waals surface area contributed by atoms with E-state index in [4.69, 9.17) is 0 Å². The van der Waals surface area contributed by atoms with Crippen molar-refractivity contribution in [2.75, 3.05) is 0 Å². The van der Waals surface area contributed by atoms with Gasteiger partial charge < -0.3 is 8.37 Å². The average molecular weight is 825 g/mol. The number of fused-ring (bicyclic) bond motifs is 2. The number of aryl methyl sites for hydroxylation is 2. The molecule has 0 radical (unpaired) electrons. The summed E-state index contributed by atoms with van der Waals surface area (Å²) in [7, 11) is -12.3. The highest BCUT2D eigenvalue weighted by Crippen LogP contribution is 2.67. The molecule has 284 valence electrons. The van der Waals surface area contributed by atoms with Crippen molar-refractivity contribution in [3.8, 4) is 0 Å². The van der Waals surface area contributed by atoms with Crippen LogP contribution in [0.2, 0.25) is 0 Å². The van der Waals surface area contributed by atoms with E-state index in [9.17, 15) is 43.2 Å². The van der Waals surface area contributed by atoms with Gasteiger partial charge in [0.15, 0.2) is 0 Å². The number of allylic oxidation sites excluding steroid dienone is 4. The number of hydrogen-bond acceptors (Lipinski definition) is 8. The Bertz CT molecular complexity index is 1920. The number of alkyl halides is 12. The lowest BCUT2D eigenvalue weighted by Gasteiger charge is -2.26. The molecule has 51 heavy (non-hydrogen) atoms. The van der Waals surface area contributed by atoms with Crippen LogP contribution in [0, 0.1) is 13.8 Å². The van der Waals surface area contributed by atoms with Crippen LogP contribution in [0.3, 0.4) is 0 Å². The summed E-state index contributed by atoms with van der Waals surface area (Å²) in [6.45, 7) is 2.25. The van der Waals surface area contributed by atoms with Crippen LogP contribution < -0.4 is 0 Å². The molecule has 2 aromatic heterocycles. The van der Waals surface area contributed by atoms with Crippen molar-refractivity contribution in [3.05, 3.63) is 53.3 Å². The van der Waals surface area contributed by atoms with E-state index in [1.807, 2.05) is 0 Å². The van der Waals surface area contributed by atoms with Crippen LogP contribution in [0.1, 0.15) is 80.3 Å². The maximum absolute atomic E-state index is 16.0. The molecule has 0 atom stereocenters. The van der Waals surface area contributed by atoms with Crippen LogP contribution in [0.4, 0.5) is 52.7 Å². The fourth-order valence-corrected chi connectivity index (χ4v) is 9.51. The summed E-state index contributed by atoms with van der Waals surface area (Å²) in [4.78, 5) is -0.853. The number of rotatable bonds is 6. The lowest BCUT2D eigenvalue weighted by molar-refractivity contribution is -0.254. The van der Waals surface area contributed by atoms with Gasteiger partial charge in [-0.3, -0.25) is 0 Å². The molecule has 0 spiro atoms. The van der Waals surface area contributed by atoms with Crippen molar-refractivity contribution in [3.63, 3.8) is 0 Å². The van der Waals surface area contributed by atoms with Crippen molar-refractivity contribution in [2.24, 2.45) is 0 Å². The summed E-state index contributed by atoms with van der Waals surface area (Å²) >= 11 is 1.10. The molecule has 0 unspecified atom stereocenters. The van der Waals surface area contributed by atoms with Crippen molar-refractivity contribution < 1.29 is 77.9 Å². The quantitative estimate of drug-likeness (QED) is 0.164. The Morgan fingerprint density at radius 2 is 0.902 bits per heavy atom. The monoisotopic (exact) mass is 824 g/mol. The third-order valence-electron chi connectivity index (χ3n) is 8.38. The Hall–Kier alpha value is -2.72. The molecule has 6 nitrogen and oxygen atoms in total. The number of thiophene rings is 2. The molecule has 0 aliphatic heterocycles. The van der Waals surface area contributed by atoms with Gasteiger partial charge in [-0.25, -0.2) is 0 Å². The van der Waals surface area contributed by atoms with Crippen LogP contribution in [-0.2, 0) is 41.4 Å². The van der Waals surface area contributed by atoms with Crippen molar-refractivity contribution in [1.29, 1.82) is 0 Å². The molecule has 0 saturated heterocycles. The molecular formula is C29H24F12O6S4. The predicted octanol–water partition coefficient (Wildman–Crippen LogP) is 10.1. The van der Waals surface area contributed by atoms with E-state index < -0.39 is 82.8 Å². The van der Waals surface area contributed by atoms with Gasteiger partial charge in [-0.2, -0.15) is 69.5 Å². The largest absolute Gasteiger partial charge is 0.534 e. The smallest absolute Gasteiger partial charge is 0.381 e. The zero-order valence-corrected chi connectivity index (χ0v) is 29.2. The first-order valence-electron chi connectivity index (χ1n) is 14.7. The average Bonchev–Trinajstić information content (AvgIpc) is 3.43. The van der Waals surface area contributed by atoms with E-state index in [1.54, 1.807) is 0 Å². The van der Waals surface area contributed by atoms with Crippen molar-refractivity contribution >= 4 is 66.2 Å². The first-order valence-corrected chi connectivity index (χ1v) is 19.2. The summed E-state index contributed by atoms with van der Waals surface area (Å²) in [5, 5.41) is 0. The molecule has 0 saturated carbocycles.